The molecule has 2 unspecified atom stereocenters. The standard InChI is InChI=1S/C11H23N3O2/c1-9(11(12)13-15)6-14-5-3-4-10(7-14)8-16-2/h9-10,15H,3-8H2,1-2H3,(H2,12,13). The second-order valence-corrected chi connectivity index (χ2v) is 4.65. The SMILES string of the molecule is COCC1CCCN(CC(C)C(N)=NO)C1. The van der Waals surface area contributed by atoms with Gasteiger partial charge in [0.25, 0.3) is 0 Å². The summed E-state index contributed by atoms with van der Waals surface area (Å²) < 4.78 is 5.19. The summed E-state index contributed by atoms with van der Waals surface area (Å²) in [6.45, 7) is 5.82. The fourth-order valence-electron chi connectivity index (χ4n) is 2.27. The summed E-state index contributed by atoms with van der Waals surface area (Å²) in [7, 11) is 1.75. The van der Waals surface area contributed by atoms with E-state index in [2.05, 4.69) is 10.1 Å². The van der Waals surface area contributed by atoms with Crippen molar-refractivity contribution in [2.24, 2.45) is 22.7 Å². The molecule has 0 aromatic heterocycles. The Hall–Kier alpha value is -0.810. The van der Waals surface area contributed by atoms with Crippen molar-refractivity contribution in [3.05, 3.63) is 0 Å². The number of piperidine rings is 1. The molecule has 5 heteroatoms. The van der Waals surface area contributed by atoms with Crippen LogP contribution in [0.2, 0.25) is 0 Å². The summed E-state index contributed by atoms with van der Waals surface area (Å²) in [6.07, 6.45) is 2.44. The lowest BCUT2D eigenvalue weighted by Crippen LogP contribution is -2.42. The van der Waals surface area contributed by atoms with Gasteiger partial charge in [-0.05, 0) is 25.3 Å². The minimum Gasteiger partial charge on any atom is -0.409 e. The van der Waals surface area contributed by atoms with Crippen LogP contribution in [-0.4, -0.2) is 49.3 Å². The monoisotopic (exact) mass is 229 g/mol. The highest BCUT2D eigenvalue weighted by Gasteiger charge is 2.22. The first-order valence-electron chi connectivity index (χ1n) is 5.86. The molecule has 3 N–H and O–H groups in total. The van der Waals surface area contributed by atoms with E-state index in [-0.39, 0.29) is 5.92 Å². The lowest BCUT2D eigenvalue weighted by molar-refractivity contribution is 0.0876. The molecule has 1 saturated heterocycles. The fourth-order valence-corrected chi connectivity index (χ4v) is 2.27. The molecule has 16 heavy (non-hydrogen) atoms. The molecule has 1 rings (SSSR count). The van der Waals surface area contributed by atoms with Gasteiger partial charge in [0.1, 0.15) is 5.84 Å². The highest BCUT2D eigenvalue weighted by Crippen LogP contribution is 2.17. The van der Waals surface area contributed by atoms with Gasteiger partial charge in [-0.15, -0.1) is 0 Å². The third-order valence-electron chi connectivity index (χ3n) is 3.16. The number of oxime groups is 1. The maximum atomic E-state index is 8.60. The van der Waals surface area contributed by atoms with Gasteiger partial charge in [-0.1, -0.05) is 12.1 Å². The highest BCUT2D eigenvalue weighted by atomic mass is 16.5. The van der Waals surface area contributed by atoms with Crippen molar-refractivity contribution >= 4 is 5.84 Å². The van der Waals surface area contributed by atoms with Crippen LogP contribution in [-0.2, 0) is 4.74 Å². The molecule has 0 radical (unpaired) electrons. The van der Waals surface area contributed by atoms with E-state index in [9.17, 15) is 0 Å². The Morgan fingerprint density at radius 2 is 2.44 bits per heavy atom. The molecule has 0 spiro atoms. The predicted molar refractivity (Wildman–Crippen MR) is 63.6 cm³/mol. The topological polar surface area (TPSA) is 71.1 Å². The van der Waals surface area contributed by atoms with Crippen LogP contribution in [0.15, 0.2) is 5.16 Å². The number of hydrogen-bond donors (Lipinski definition) is 2. The maximum absolute atomic E-state index is 8.60. The molecular formula is C11H23N3O2. The van der Waals surface area contributed by atoms with E-state index in [4.69, 9.17) is 15.7 Å². The van der Waals surface area contributed by atoms with E-state index >= 15 is 0 Å². The number of likely N-dealkylation sites (tertiary alicyclic amines) is 1. The molecule has 5 nitrogen and oxygen atoms in total. The van der Waals surface area contributed by atoms with Gasteiger partial charge in [-0.2, -0.15) is 0 Å². The zero-order valence-corrected chi connectivity index (χ0v) is 10.2. The molecule has 0 aromatic carbocycles. The fraction of sp³-hybridized carbons (Fsp3) is 0.909. The molecule has 1 aliphatic heterocycles. The van der Waals surface area contributed by atoms with Crippen molar-refractivity contribution in [1.82, 2.24) is 4.90 Å². The maximum Gasteiger partial charge on any atom is 0.143 e. The van der Waals surface area contributed by atoms with Crippen LogP contribution in [0.3, 0.4) is 0 Å². The quantitative estimate of drug-likeness (QED) is 0.315. The van der Waals surface area contributed by atoms with Crippen molar-refractivity contribution in [2.75, 3.05) is 33.4 Å². The molecule has 0 amide bonds. The van der Waals surface area contributed by atoms with Gasteiger partial charge in [0.05, 0.1) is 6.61 Å². The van der Waals surface area contributed by atoms with Crippen LogP contribution >= 0.6 is 0 Å². The summed E-state index contributed by atoms with van der Waals surface area (Å²) >= 11 is 0. The summed E-state index contributed by atoms with van der Waals surface area (Å²) in [6, 6.07) is 0. The molecule has 0 aliphatic carbocycles. The summed E-state index contributed by atoms with van der Waals surface area (Å²) in [5.74, 6) is 1.04. The molecule has 1 fully saturated rings. The smallest absolute Gasteiger partial charge is 0.143 e. The number of rotatable bonds is 5. The Kier molecular flexibility index (Phi) is 5.55. The number of nitrogens with zero attached hydrogens (tertiary/aromatic N) is 2. The van der Waals surface area contributed by atoms with Gasteiger partial charge in [-0.3, -0.25) is 0 Å². The Morgan fingerprint density at radius 3 is 3.06 bits per heavy atom. The number of methoxy groups -OCH3 is 1. The Bertz CT molecular complexity index is 231. The average molecular weight is 229 g/mol. The zero-order chi connectivity index (χ0) is 12.0. The summed E-state index contributed by atoms with van der Waals surface area (Å²) in [4.78, 5) is 2.37. The van der Waals surface area contributed by atoms with Gasteiger partial charge in [0.15, 0.2) is 0 Å². The number of ether oxygens (including phenoxy) is 1. The zero-order valence-electron chi connectivity index (χ0n) is 10.2. The van der Waals surface area contributed by atoms with Gasteiger partial charge in [0.2, 0.25) is 0 Å². The minimum atomic E-state index is 0.103. The van der Waals surface area contributed by atoms with Gasteiger partial charge in [0, 0.05) is 26.1 Å². The van der Waals surface area contributed by atoms with Crippen molar-refractivity contribution in [3.8, 4) is 0 Å². The lowest BCUT2D eigenvalue weighted by Gasteiger charge is -2.33. The van der Waals surface area contributed by atoms with E-state index in [1.165, 1.54) is 12.8 Å². The normalized spacial score (nSPS) is 25.6. The number of nitrogens with two attached hydrogens (primary N) is 1. The van der Waals surface area contributed by atoms with Crippen molar-refractivity contribution in [1.29, 1.82) is 0 Å². The van der Waals surface area contributed by atoms with Crippen molar-refractivity contribution in [3.63, 3.8) is 0 Å². The second-order valence-electron chi connectivity index (χ2n) is 4.65. The van der Waals surface area contributed by atoms with E-state index in [0.717, 1.165) is 26.2 Å². The molecule has 94 valence electrons. The minimum absolute atomic E-state index is 0.103. The summed E-state index contributed by atoms with van der Waals surface area (Å²) in [5.41, 5.74) is 5.58. The average Bonchev–Trinajstić information content (AvgIpc) is 2.29. The second kappa shape index (κ2) is 6.70. The largest absolute Gasteiger partial charge is 0.409 e. The number of hydrogen-bond acceptors (Lipinski definition) is 4. The molecule has 0 aromatic rings. The Labute approximate surface area is 97.2 Å². The Balaban J connectivity index is 2.36. The summed E-state index contributed by atoms with van der Waals surface area (Å²) in [5, 5.41) is 11.6. The van der Waals surface area contributed by atoms with E-state index in [0.29, 0.717) is 11.8 Å². The predicted octanol–water partition coefficient (Wildman–Crippen LogP) is 0.727. The first kappa shape index (κ1) is 13.3. The first-order chi connectivity index (χ1) is 7.67. The van der Waals surface area contributed by atoms with Crippen LogP contribution in [0.4, 0.5) is 0 Å². The molecule has 1 aliphatic rings. The lowest BCUT2D eigenvalue weighted by atomic mass is 9.98. The molecule has 0 saturated carbocycles. The van der Waals surface area contributed by atoms with E-state index in [1.54, 1.807) is 7.11 Å². The third kappa shape index (κ3) is 3.98. The number of amidine groups is 1. The van der Waals surface area contributed by atoms with Crippen molar-refractivity contribution < 1.29 is 9.94 Å². The highest BCUT2D eigenvalue weighted by molar-refractivity contribution is 5.82. The van der Waals surface area contributed by atoms with Gasteiger partial charge < -0.3 is 20.6 Å². The Morgan fingerprint density at radius 1 is 1.69 bits per heavy atom. The molecular weight excluding hydrogens is 206 g/mol. The first-order valence-corrected chi connectivity index (χ1v) is 5.86. The van der Waals surface area contributed by atoms with Crippen LogP contribution in [0.1, 0.15) is 19.8 Å². The van der Waals surface area contributed by atoms with Crippen LogP contribution in [0.5, 0.6) is 0 Å². The third-order valence-corrected chi connectivity index (χ3v) is 3.16. The van der Waals surface area contributed by atoms with Gasteiger partial charge >= 0.3 is 0 Å². The van der Waals surface area contributed by atoms with E-state index in [1.807, 2.05) is 6.92 Å². The van der Waals surface area contributed by atoms with Crippen LogP contribution < -0.4 is 5.73 Å². The van der Waals surface area contributed by atoms with Crippen LogP contribution in [0.25, 0.3) is 0 Å². The van der Waals surface area contributed by atoms with E-state index < -0.39 is 0 Å². The van der Waals surface area contributed by atoms with Crippen molar-refractivity contribution in [2.45, 2.75) is 19.8 Å². The molecule has 1 heterocycles. The molecule has 2 atom stereocenters. The van der Waals surface area contributed by atoms with Crippen LogP contribution in [0, 0.1) is 11.8 Å². The van der Waals surface area contributed by atoms with Gasteiger partial charge in [-0.25, -0.2) is 0 Å². The molecule has 0 bridgehead atoms.